The van der Waals surface area contributed by atoms with Crippen LogP contribution in [0.4, 0.5) is 0 Å². The SMILES string of the molecule is CC1SCCC1(CO)NC1CCCCCC1. The highest BCUT2D eigenvalue weighted by Crippen LogP contribution is 2.36. The van der Waals surface area contributed by atoms with Gasteiger partial charge in [0.05, 0.1) is 12.1 Å². The van der Waals surface area contributed by atoms with Crippen molar-refractivity contribution in [1.82, 2.24) is 5.32 Å². The minimum atomic E-state index is 0.0136. The molecule has 0 spiro atoms. The minimum absolute atomic E-state index is 0.0136. The van der Waals surface area contributed by atoms with E-state index < -0.39 is 0 Å². The molecule has 1 saturated heterocycles. The van der Waals surface area contributed by atoms with Crippen molar-refractivity contribution < 1.29 is 5.11 Å². The van der Waals surface area contributed by atoms with Crippen LogP contribution in [0.25, 0.3) is 0 Å². The van der Waals surface area contributed by atoms with Crippen molar-refractivity contribution in [2.45, 2.75) is 68.7 Å². The normalized spacial score (nSPS) is 37.5. The smallest absolute Gasteiger partial charge is 0.0624 e. The Hall–Kier alpha value is 0.270. The van der Waals surface area contributed by atoms with Gasteiger partial charge in [0.2, 0.25) is 0 Å². The number of aliphatic hydroxyl groups excluding tert-OH is 1. The fourth-order valence-electron chi connectivity index (χ4n) is 3.05. The fourth-order valence-corrected chi connectivity index (χ4v) is 4.47. The molecule has 0 aromatic rings. The Morgan fingerprint density at radius 2 is 1.94 bits per heavy atom. The topological polar surface area (TPSA) is 32.3 Å². The van der Waals surface area contributed by atoms with Crippen LogP contribution in [0.1, 0.15) is 51.9 Å². The van der Waals surface area contributed by atoms with Gasteiger partial charge in [-0.3, -0.25) is 0 Å². The van der Waals surface area contributed by atoms with E-state index in [0.717, 1.165) is 6.42 Å². The van der Waals surface area contributed by atoms with Crippen molar-refractivity contribution in [2.75, 3.05) is 12.4 Å². The lowest BCUT2D eigenvalue weighted by molar-refractivity contribution is 0.145. The fraction of sp³-hybridized carbons (Fsp3) is 1.00. The van der Waals surface area contributed by atoms with Gasteiger partial charge in [-0.25, -0.2) is 0 Å². The monoisotopic (exact) mass is 243 g/mol. The summed E-state index contributed by atoms with van der Waals surface area (Å²) in [5, 5.41) is 14.1. The molecule has 0 aromatic carbocycles. The first-order chi connectivity index (χ1) is 7.77. The first kappa shape index (κ1) is 12.7. The summed E-state index contributed by atoms with van der Waals surface area (Å²) in [5.74, 6) is 1.20. The van der Waals surface area contributed by atoms with E-state index in [2.05, 4.69) is 12.2 Å². The molecule has 94 valence electrons. The molecule has 2 unspecified atom stereocenters. The average molecular weight is 243 g/mol. The van der Waals surface area contributed by atoms with Crippen LogP contribution in [0.2, 0.25) is 0 Å². The molecule has 0 amide bonds. The third kappa shape index (κ3) is 2.74. The van der Waals surface area contributed by atoms with Crippen molar-refractivity contribution in [3.63, 3.8) is 0 Å². The highest BCUT2D eigenvalue weighted by atomic mass is 32.2. The molecule has 16 heavy (non-hydrogen) atoms. The number of thioether (sulfide) groups is 1. The molecule has 1 aliphatic heterocycles. The lowest BCUT2D eigenvalue weighted by atomic mass is 9.91. The highest BCUT2D eigenvalue weighted by Gasteiger charge is 2.41. The molecule has 1 saturated carbocycles. The van der Waals surface area contributed by atoms with Crippen molar-refractivity contribution in [3.8, 4) is 0 Å². The maximum absolute atomic E-state index is 9.71. The van der Waals surface area contributed by atoms with Crippen molar-refractivity contribution in [2.24, 2.45) is 0 Å². The maximum atomic E-state index is 9.71. The van der Waals surface area contributed by atoms with Crippen LogP contribution in [0.3, 0.4) is 0 Å². The molecule has 1 heterocycles. The second-order valence-electron chi connectivity index (χ2n) is 5.41. The van der Waals surface area contributed by atoms with Gasteiger partial charge in [0.15, 0.2) is 0 Å². The highest BCUT2D eigenvalue weighted by molar-refractivity contribution is 8.00. The van der Waals surface area contributed by atoms with Gasteiger partial charge in [-0.2, -0.15) is 11.8 Å². The van der Waals surface area contributed by atoms with Gasteiger partial charge in [-0.1, -0.05) is 32.6 Å². The predicted molar refractivity (Wildman–Crippen MR) is 71.0 cm³/mol. The van der Waals surface area contributed by atoms with Crippen LogP contribution in [0.5, 0.6) is 0 Å². The van der Waals surface area contributed by atoms with Gasteiger partial charge in [0, 0.05) is 11.3 Å². The zero-order chi connectivity index (χ0) is 11.4. The lowest BCUT2D eigenvalue weighted by Crippen LogP contribution is -2.56. The quantitative estimate of drug-likeness (QED) is 0.747. The summed E-state index contributed by atoms with van der Waals surface area (Å²) in [6.07, 6.45) is 9.26. The second-order valence-corrected chi connectivity index (χ2v) is 6.86. The molecular weight excluding hydrogens is 218 g/mol. The first-order valence-electron chi connectivity index (χ1n) is 6.77. The third-order valence-electron chi connectivity index (χ3n) is 4.32. The maximum Gasteiger partial charge on any atom is 0.0624 e. The van der Waals surface area contributed by atoms with Crippen LogP contribution in [0, 0.1) is 0 Å². The Morgan fingerprint density at radius 1 is 1.25 bits per heavy atom. The molecule has 2 atom stereocenters. The van der Waals surface area contributed by atoms with Crippen molar-refractivity contribution >= 4 is 11.8 Å². The number of aliphatic hydroxyl groups is 1. The van der Waals surface area contributed by atoms with E-state index in [9.17, 15) is 5.11 Å². The van der Waals surface area contributed by atoms with E-state index in [0.29, 0.717) is 17.9 Å². The van der Waals surface area contributed by atoms with Crippen LogP contribution >= 0.6 is 11.8 Å². The Labute approximate surface area is 104 Å². The Bertz CT molecular complexity index is 216. The number of nitrogens with one attached hydrogen (secondary N) is 1. The first-order valence-corrected chi connectivity index (χ1v) is 7.82. The summed E-state index contributed by atoms with van der Waals surface area (Å²) in [5.41, 5.74) is 0.0136. The van der Waals surface area contributed by atoms with E-state index in [1.807, 2.05) is 11.8 Å². The van der Waals surface area contributed by atoms with Crippen LogP contribution in [0.15, 0.2) is 0 Å². The molecule has 3 heteroatoms. The van der Waals surface area contributed by atoms with E-state index in [-0.39, 0.29) is 5.54 Å². The Kier molecular flexibility index (Phi) is 4.57. The molecule has 2 aliphatic rings. The van der Waals surface area contributed by atoms with Gasteiger partial charge in [0.1, 0.15) is 0 Å². The lowest BCUT2D eigenvalue weighted by Gasteiger charge is -2.36. The van der Waals surface area contributed by atoms with Crippen LogP contribution in [-0.4, -0.2) is 34.3 Å². The largest absolute Gasteiger partial charge is 0.394 e. The molecule has 2 rings (SSSR count). The van der Waals surface area contributed by atoms with Gasteiger partial charge in [-0.05, 0) is 25.0 Å². The molecule has 1 aliphatic carbocycles. The summed E-state index contributed by atoms with van der Waals surface area (Å²) in [7, 11) is 0. The third-order valence-corrected chi connectivity index (χ3v) is 5.71. The van der Waals surface area contributed by atoms with Gasteiger partial charge in [0.25, 0.3) is 0 Å². The van der Waals surface area contributed by atoms with Crippen molar-refractivity contribution in [3.05, 3.63) is 0 Å². The van der Waals surface area contributed by atoms with Gasteiger partial charge < -0.3 is 10.4 Å². The van der Waals surface area contributed by atoms with E-state index in [1.54, 1.807) is 0 Å². The number of rotatable bonds is 3. The minimum Gasteiger partial charge on any atom is -0.394 e. The van der Waals surface area contributed by atoms with Gasteiger partial charge in [-0.15, -0.1) is 0 Å². The summed E-state index contributed by atoms with van der Waals surface area (Å²) < 4.78 is 0. The predicted octanol–water partition coefficient (Wildman–Crippen LogP) is 2.56. The van der Waals surface area contributed by atoms with E-state index in [1.165, 1.54) is 44.3 Å². The summed E-state index contributed by atoms with van der Waals surface area (Å²) >= 11 is 2.00. The average Bonchev–Trinajstić information content (AvgIpc) is 2.52. The van der Waals surface area contributed by atoms with Gasteiger partial charge >= 0.3 is 0 Å². The molecule has 0 aromatic heterocycles. The number of hydrogen-bond donors (Lipinski definition) is 2. The molecule has 0 bridgehead atoms. The molecule has 2 fully saturated rings. The summed E-state index contributed by atoms with van der Waals surface area (Å²) in [6.45, 7) is 2.56. The molecule has 2 N–H and O–H groups in total. The second kappa shape index (κ2) is 5.74. The zero-order valence-corrected chi connectivity index (χ0v) is 11.2. The van der Waals surface area contributed by atoms with Crippen molar-refractivity contribution in [1.29, 1.82) is 0 Å². The number of hydrogen-bond acceptors (Lipinski definition) is 3. The Morgan fingerprint density at radius 3 is 2.44 bits per heavy atom. The Balaban J connectivity index is 1.94. The van der Waals surface area contributed by atoms with E-state index in [4.69, 9.17) is 0 Å². The zero-order valence-electron chi connectivity index (χ0n) is 10.4. The van der Waals surface area contributed by atoms with Crippen LogP contribution in [-0.2, 0) is 0 Å². The van der Waals surface area contributed by atoms with Crippen LogP contribution < -0.4 is 5.32 Å². The molecule has 0 radical (unpaired) electrons. The van der Waals surface area contributed by atoms with E-state index >= 15 is 0 Å². The summed E-state index contributed by atoms with van der Waals surface area (Å²) in [4.78, 5) is 0. The molecular formula is C13H25NOS. The summed E-state index contributed by atoms with van der Waals surface area (Å²) in [6, 6.07) is 0.649. The molecule has 2 nitrogen and oxygen atoms in total. The standard InChI is InChI=1S/C13H25NOS/c1-11-13(10-15,8-9-16-11)14-12-6-4-2-3-5-7-12/h11-12,14-15H,2-10H2,1H3.